The van der Waals surface area contributed by atoms with Crippen molar-refractivity contribution in [1.82, 2.24) is 9.71 Å². The lowest BCUT2D eigenvalue weighted by Gasteiger charge is -2.19. The summed E-state index contributed by atoms with van der Waals surface area (Å²) in [4.78, 5) is 3.98. The molecular weight excluding hydrogens is 347 g/mol. The Morgan fingerprint density at radius 3 is 2.60 bits per heavy atom. The summed E-state index contributed by atoms with van der Waals surface area (Å²) in [5, 5.41) is 0.995. The molecule has 3 aromatic rings. The summed E-state index contributed by atoms with van der Waals surface area (Å²) in [6, 6.07) is 11.7. The molecule has 2 aromatic carbocycles. The van der Waals surface area contributed by atoms with E-state index in [0.717, 1.165) is 27.6 Å². The van der Waals surface area contributed by atoms with Crippen LogP contribution < -0.4 is 4.72 Å². The molecule has 0 aliphatic carbocycles. The number of aromatic nitrogens is 1. The molecule has 0 fully saturated rings. The highest BCUT2D eigenvalue weighted by molar-refractivity contribution is 7.86. The third kappa shape index (κ3) is 2.77. The van der Waals surface area contributed by atoms with Crippen LogP contribution in [0, 0.1) is 0 Å². The number of nitrogens with zero attached hydrogens (tertiary/aromatic N) is 1. The Morgan fingerprint density at radius 2 is 1.84 bits per heavy atom. The average molecular weight is 363 g/mol. The molecule has 1 unspecified atom stereocenters. The first-order valence-corrected chi connectivity index (χ1v) is 8.96. The molecule has 0 bridgehead atoms. The van der Waals surface area contributed by atoms with Gasteiger partial charge in [-0.3, -0.25) is 0 Å². The van der Waals surface area contributed by atoms with Gasteiger partial charge >= 0.3 is 6.18 Å². The third-order valence-corrected chi connectivity index (χ3v) is 6.15. The average Bonchev–Trinajstić information content (AvgIpc) is 3.06. The Hall–Kier alpha value is -2.12. The van der Waals surface area contributed by atoms with Gasteiger partial charge in [-0.05, 0) is 43.7 Å². The summed E-state index contributed by atoms with van der Waals surface area (Å²) in [5.74, 6) is 0. The van der Waals surface area contributed by atoms with Gasteiger partial charge < -0.3 is 4.98 Å². The van der Waals surface area contributed by atoms with E-state index in [1.54, 1.807) is 6.07 Å². The van der Waals surface area contributed by atoms with Crippen molar-refractivity contribution in [3.8, 4) is 0 Å². The maximum Gasteiger partial charge on any atom is 0.416 e. The Kier molecular flexibility index (Phi) is 3.56. The summed E-state index contributed by atoms with van der Waals surface area (Å²) < 4.78 is 47.3. The van der Waals surface area contributed by atoms with Gasteiger partial charge in [0.25, 0.3) is 0 Å². The van der Waals surface area contributed by atoms with Crippen LogP contribution in [0.15, 0.2) is 57.9 Å². The maximum atomic E-state index is 13.0. The number of benzene rings is 2. The van der Waals surface area contributed by atoms with Crippen molar-refractivity contribution in [2.45, 2.75) is 30.5 Å². The van der Waals surface area contributed by atoms with Crippen LogP contribution in [0.4, 0.5) is 18.9 Å². The van der Waals surface area contributed by atoms with Gasteiger partial charge in [0.15, 0.2) is 0 Å². The number of hydrogen-bond donors (Lipinski definition) is 2. The first-order valence-electron chi connectivity index (χ1n) is 7.77. The molecule has 0 radical (unpaired) electrons. The van der Waals surface area contributed by atoms with Gasteiger partial charge in [-0.1, -0.05) is 18.2 Å². The normalized spacial score (nSPS) is 19.5. The molecule has 0 saturated carbocycles. The van der Waals surface area contributed by atoms with Crippen molar-refractivity contribution in [3.63, 3.8) is 0 Å². The van der Waals surface area contributed by atoms with Gasteiger partial charge in [-0.25, -0.2) is 9.08 Å². The Labute approximate surface area is 145 Å². The lowest BCUT2D eigenvalue weighted by molar-refractivity contribution is -0.137. The molecule has 1 aliphatic rings. The highest BCUT2D eigenvalue weighted by Crippen LogP contribution is 2.40. The van der Waals surface area contributed by atoms with Crippen molar-refractivity contribution >= 4 is 27.5 Å². The van der Waals surface area contributed by atoms with E-state index in [0.29, 0.717) is 5.56 Å². The van der Waals surface area contributed by atoms with Crippen LogP contribution in [0.25, 0.3) is 10.9 Å². The summed E-state index contributed by atoms with van der Waals surface area (Å²) in [6.07, 6.45) is -2.52. The highest BCUT2D eigenvalue weighted by atomic mass is 32.2. The van der Waals surface area contributed by atoms with Crippen LogP contribution in [-0.4, -0.2) is 4.98 Å². The number of hydrogen-bond acceptors (Lipinski definition) is 1. The zero-order valence-corrected chi connectivity index (χ0v) is 14.4. The summed E-state index contributed by atoms with van der Waals surface area (Å²) in [7, 11) is -0.704. The first-order chi connectivity index (χ1) is 11.8. The van der Waals surface area contributed by atoms with Crippen molar-refractivity contribution in [2.75, 3.05) is 0 Å². The SMILES string of the molecule is CC1(C)NS(=Nc2c[nH]c3ccccc23)c2ccc(C(F)(F)F)cc21. The quantitative estimate of drug-likeness (QED) is 0.594. The summed E-state index contributed by atoms with van der Waals surface area (Å²) in [5.41, 5.74) is 1.23. The number of rotatable bonds is 1. The van der Waals surface area contributed by atoms with Gasteiger partial charge in [0.1, 0.15) is 0 Å². The standard InChI is InChI=1S/C18H16F3N3S/c1-17(2)13-9-11(18(19,20)21)7-8-16(13)25(24-17)23-15-10-22-14-6-4-3-5-12(14)15/h3-10,22H,1-2H3,(H,23,24). The van der Waals surface area contributed by atoms with Gasteiger partial charge in [0, 0.05) is 38.4 Å². The van der Waals surface area contributed by atoms with E-state index in [-0.39, 0.29) is 0 Å². The fourth-order valence-electron chi connectivity index (χ4n) is 3.02. The largest absolute Gasteiger partial charge is 0.416 e. The first kappa shape index (κ1) is 16.4. The smallest absolute Gasteiger partial charge is 0.359 e. The van der Waals surface area contributed by atoms with Crippen LogP contribution >= 0.6 is 0 Å². The lowest BCUT2D eigenvalue weighted by atomic mass is 9.94. The molecule has 2 heterocycles. The van der Waals surface area contributed by atoms with Gasteiger partial charge in [0.05, 0.1) is 11.3 Å². The molecule has 0 saturated heterocycles. The zero-order valence-electron chi connectivity index (χ0n) is 13.6. The molecule has 1 aliphatic heterocycles. The molecular formula is C18H16F3N3S. The van der Waals surface area contributed by atoms with Gasteiger partial charge in [0.2, 0.25) is 0 Å². The minimum absolute atomic E-state index is 0.574. The lowest BCUT2D eigenvalue weighted by Crippen LogP contribution is -2.30. The molecule has 4 rings (SSSR count). The second kappa shape index (κ2) is 5.44. The summed E-state index contributed by atoms with van der Waals surface area (Å²) in [6.45, 7) is 3.76. The van der Waals surface area contributed by atoms with Crippen molar-refractivity contribution in [3.05, 3.63) is 59.8 Å². The second-order valence-electron chi connectivity index (χ2n) is 6.53. The molecule has 7 heteroatoms. The predicted molar refractivity (Wildman–Crippen MR) is 93.6 cm³/mol. The number of aromatic amines is 1. The number of nitrogens with one attached hydrogen (secondary N) is 2. The number of halogens is 3. The topological polar surface area (TPSA) is 40.2 Å². The number of H-pyrrole nitrogens is 1. The fourth-order valence-corrected chi connectivity index (χ4v) is 4.93. The van der Waals surface area contributed by atoms with E-state index < -0.39 is 28.2 Å². The highest BCUT2D eigenvalue weighted by Gasteiger charge is 2.37. The molecule has 25 heavy (non-hydrogen) atoms. The van der Waals surface area contributed by atoms with Crippen molar-refractivity contribution < 1.29 is 13.2 Å². The molecule has 1 aromatic heterocycles. The van der Waals surface area contributed by atoms with Crippen LogP contribution in [0.5, 0.6) is 0 Å². The van der Waals surface area contributed by atoms with E-state index in [1.807, 2.05) is 44.3 Å². The maximum absolute atomic E-state index is 13.0. The second-order valence-corrected chi connectivity index (χ2v) is 7.93. The molecule has 0 amide bonds. The fraction of sp³-hybridized carbons (Fsp3) is 0.222. The molecule has 1 atom stereocenters. The van der Waals surface area contributed by atoms with Crippen molar-refractivity contribution in [2.24, 2.45) is 4.36 Å². The third-order valence-electron chi connectivity index (χ3n) is 4.30. The van der Waals surface area contributed by atoms with Gasteiger partial charge in [-0.15, -0.1) is 0 Å². The Balaban J connectivity index is 1.84. The van der Waals surface area contributed by atoms with Crippen LogP contribution in [-0.2, 0) is 22.6 Å². The Morgan fingerprint density at radius 1 is 1.08 bits per heavy atom. The molecule has 130 valence electrons. The number of para-hydroxylation sites is 1. The Bertz CT molecular complexity index is 1000. The zero-order chi connectivity index (χ0) is 17.8. The van der Waals surface area contributed by atoms with Crippen LogP contribution in [0.1, 0.15) is 25.0 Å². The van der Waals surface area contributed by atoms with E-state index >= 15 is 0 Å². The van der Waals surface area contributed by atoms with E-state index in [2.05, 4.69) is 9.71 Å². The summed E-state index contributed by atoms with van der Waals surface area (Å²) >= 11 is 0. The van der Waals surface area contributed by atoms with E-state index in [4.69, 9.17) is 4.36 Å². The minimum Gasteiger partial charge on any atom is -0.359 e. The van der Waals surface area contributed by atoms with Gasteiger partial charge in [-0.2, -0.15) is 13.2 Å². The van der Waals surface area contributed by atoms with E-state index in [1.165, 1.54) is 6.07 Å². The monoisotopic (exact) mass is 363 g/mol. The van der Waals surface area contributed by atoms with E-state index in [9.17, 15) is 13.2 Å². The molecule has 2 N–H and O–H groups in total. The van der Waals surface area contributed by atoms with Crippen LogP contribution in [0.3, 0.4) is 0 Å². The number of alkyl halides is 3. The minimum atomic E-state index is -4.35. The van der Waals surface area contributed by atoms with Crippen LogP contribution in [0.2, 0.25) is 0 Å². The number of fused-ring (bicyclic) bond motifs is 2. The predicted octanol–water partition coefficient (Wildman–Crippen LogP) is 5.43. The molecule has 3 nitrogen and oxygen atoms in total. The van der Waals surface area contributed by atoms with Crippen molar-refractivity contribution in [1.29, 1.82) is 0 Å². The molecule has 0 spiro atoms.